The summed E-state index contributed by atoms with van der Waals surface area (Å²) in [4.78, 5) is 15.2. The minimum Gasteiger partial charge on any atom is -0.392 e. The maximum atomic E-state index is 12.3. The Hall–Kier alpha value is -1.95. The predicted octanol–water partition coefficient (Wildman–Crippen LogP) is 3.10. The average molecular weight is 372 g/mol. The van der Waals surface area contributed by atoms with Crippen molar-refractivity contribution >= 4 is 23.3 Å². The lowest BCUT2D eigenvalue weighted by Gasteiger charge is -2.33. The Kier molecular flexibility index (Phi) is 6.61. The van der Waals surface area contributed by atoms with Crippen LogP contribution in [0.5, 0.6) is 0 Å². The quantitative estimate of drug-likeness (QED) is 0.767. The first-order valence-corrected chi connectivity index (χ1v) is 9.91. The molecule has 1 amide bonds. The van der Waals surface area contributed by atoms with Crippen molar-refractivity contribution in [2.24, 2.45) is 5.92 Å². The highest BCUT2D eigenvalue weighted by Crippen LogP contribution is 2.23. The molecule has 138 valence electrons. The number of piperidine rings is 1. The van der Waals surface area contributed by atoms with Gasteiger partial charge < -0.3 is 15.1 Å². The Labute approximate surface area is 158 Å². The van der Waals surface area contributed by atoms with Gasteiger partial charge in [0.2, 0.25) is 5.91 Å². The maximum absolute atomic E-state index is 12.3. The van der Waals surface area contributed by atoms with E-state index in [4.69, 9.17) is 5.11 Å². The van der Waals surface area contributed by atoms with Crippen LogP contribution in [0.2, 0.25) is 0 Å². The molecule has 0 spiro atoms. The predicted molar refractivity (Wildman–Crippen MR) is 105 cm³/mol. The summed E-state index contributed by atoms with van der Waals surface area (Å²) in [6, 6.07) is 11.9. The summed E-state index contributed by atoms with van der Waals surface area (Å²) in [7, 11) is 0. The lowest BCUT2D eigenvalue weighted by atomic mass is 9.88. The number of amides is 1. The zero-order valence-electron chi connectivity index (χ0n) is 14.8. The Morgan fingerprint density at radius 3 is 2.62 bits per heavy atom. The van der Waals surface area contributed by atoms with E-state index in [1.54, 1.807) is 6.08 Å². The Balaban J connectivity index is 1.47. The summed E-state index contributed by atoms with van der Waals surface area (Å²) < 4.78 is 0. The minimum atomic E-state index is -0.354. The van der Waals surface area contributed by atoms with E-state index in [2.05, 4.69) is 0 Å². The first kappa shape index (κ1) is 18.8. The molecule has 1 aromatic carbocycles. The van der Waals surface area contributed by atoms with Crippen LogP contribution in [-0.4, -0.2) is 40.2 Å². The number of benzene rings is 1. The third kappa shape index (κ3) is 5.04. The first-order valence-electron chi connectivity index (χ1n) is 9.03. The molecule has 1 aliphatic heterocycles. The van der Waals surface area contributed by atoms with Crippen LogP contribution in [0.25, 0.3) is 6.08 Å². The molecule has 0 radical (unpaired) electrons. The summed E-state index contributed by atoms with van der Waals surface area (Å²) in [5.74, 6) is 0.257. The number of aliphatic hydroxyl groups excluding tert-OH is 2. The fourth-order valence-corrected chi connectivity index (χ4v) is 4.15. The average Bonchev–Trinajstić information content (AvgIpc) is 3.15. The summed E-state index contributed by atoms with van der Waals surface area (Å²) in [5, 5.41) is 21.5. The van der Waals surface area contributed by atoms with Crippen LogP contribution in [-0.2, 0) is 17.8 Å². The standard InChI is InChI=1S/C21H25NO3S/c23-14-17-12-19(26-15-17)6-7-21(25)22-10-8-18(9-11-22)20(24)13-16-4-2-1-3-5-16/h1-7,12,15,18,20,23-24H,8-11,13-14H2. The normalized spacial score (nSPS) is 16.9. The fraction of sp³-hybridized carbons (Fsp3) is 0.381. The van der Waals surface area contributed by atoms with Gasteiger partial charge in [-0.3, -0.25) is 4.79 Å². The van der Waals surface area contributed by atoms with Gasteiger partial charge in [0.15, 0.2) is 0 Å². The minimum absolute atomic E-state index is 0.0138. The molecule has 1 atom stereocenters. The van der Waals surface area contributed by atoms with Gasteiger partial charge in [-0.2, -0.15) is 0 Å². The molecule has 5 heteroatoms. The lowest BCUT2D eigenvalue weighted by molar-refractivity contribution is -0.127. The second-order valence-electron chi connectivity index (χ2n) is 6.77. The molecule has 0 saturated carbocycles. The van der Waals surface area contributed by atoms with Gasteiger partial charge in [-0.15, -0.1) is 11.3 Å². The van der Waals surface area contributed by atoms with Gasteiger partial charge >= 0.3 is 0 Å². The van der Waals surface area contributed by atoms with Gasteiger partial charge in [-0.05, 0) is 53.8 Å². The first-order chi connectivity index (χ1) is 12.7. The van der Waals surface area contributed by atoms with Gasteiger partial charge in [-0.1, -0.05) is 30.3 Å². The van der Waals surface area contributed by atoms with E-state index < -0.39 is 0 Å². The number of rotatable bonds is 6. The lowest BCUT2D eigenvalue weighted by Crippen LogP contribution is -2.41. The molecule has 26 heavy (non-hydrogen) atoms. The Morgan fingerprint density at radius 2 is 1.96 bits per heavy atom. The van der Waals surface area contributed by atoms with Crippen molar-refractivity contribution in [1.82, 2.24) is 4.90 Å². The van der Waals surface area contributed by atoms with Gasteiger partial charge in [0, 0.05) is 24.0 Å². The van der Waals surface area contributed by atoms with Crippen LogP contribution in [0.3, 0.4) is 0 Å². The number of carbonyl (C=O) groups excluding carboxylic acids is 1. The van der Waals surface area contributed by atoms with Gasteiger partial charge in [0.05, 0.1) is 12.7 Å². The van der Waals surface area contributed by atoms with Crippen molar-refractivity contribution in [3.05, 3.63) is 63.9 Å². The van der Waals surface area contributed by atoms with Gasteiger partial charge in [-0.25, -0.2) is 0 Å². The highest BCUT2D eigenvalue weighted by molar-refractivity contribution is 7.11. The van der Waals surface area contributed by atoms with E-state index in [9.17, 15) is 9.90 Å². The summed E-state index contributed by atoms with van der Waals surface area (Å²) in [6.07, 6.45) is 5.40. The van der Waals surface area contributed by atoms with E-state index in [0.29, 0.717) is 19.5 Å². The van der Waals surface area contributed by atoms with Crippen LogP contribution >= 0.6 is 11.3 Å². The van der Waals surface area contributed by atoms with Crippen molar-refractivity contribution in [3.63, 3.8) is 0 Å². The molecular weight excluding hydrogens is 346 g/mol. The van der Waals surface area contributed by atoms with E-state index in [1.165, 1.54) is 11.3 Å². The van der Waals surface area contributed by atoms with E-state index in [-0.39, 0.29) is 24.5 Å². The van der Waals surface area contributed by atoms with Gasteiger partial charge in [0.1, 0.15) is 0 Å². The molecule has 1 aliphatic rings. The molecule has 1 fully saturated rings. The Morgan fingerprint density at radius 1 is 1.23 bits per heavy atom. The molecule has 1 unspecified atom stereocenters. The monoisotopic (exact) mass is 371 g/mol. The SMILES string of the molecule is O=C(C=Cc1cc(CO)cs1)N1CCC(C(O)Cc2ccccc2)CC1. The second kappa shape index (κ2) is 9.12. The second-order valence-corrected chi connectivity index (χ2v) is 7.71. The number of carbonyl (C=O) groups is 1. The van der Waals surface area contributed by atoms with Crippen molar-refractivity contribution in [2.75, 3.05) is 13.1 Å². The van der Waals surface area contributed by atoms with Crippen molar-refractivity contribution < 1.29 is 15.0 Å². The van der Waals surface area contributed by atoms with Crippen LogP contribution < -0.4 is 0 Å². The van der Waals surface area contributed by atoms with E-state index >= 15 is 0 Å². The smallest absolute Gasteiger partial charge is 0.246 e. The highest BCUT2D eigenvalue weighted by Gasteiger charge is 2.26. The molecule has 2 heterocycles. The maximum Gasteiger partial charge on any atom is 0.246 e. The molecule has 3 rings (SSSR count). The summed E-state index contributed by atoms with van der Waals surface area (Å²) in [6.45, 7) is 1.40. The molecular formula is C21H25NO3S. The van der Waals surface area contributed by atoms with E-state index in [1.807, 2.05) is 52.8 Å². The number of nitrogens with zero attached hydrogens (tertiary/aromatic N) is 1. The Bertz CT molecular complexity index is 733. The van der Waals surface area contributed by atoms with Crippen molar-refractivity contribution in [2.45, 2.75) is 32.0 Å². The molecule has 4 nitrogen and oxygen atoms in total. The topological polar surface area (TPSA) is 60.8 Å². The zero-order valence-corrected chi connectivity index (χ0v) is 15.6. The highest BCUT2D eigenvalue weighted by atomic mass is 32.1. The van der Waals surface area contributed by atoms with Crippen molar-refractivity contribution in [3.8, 4) is 0 Å². The molecule has 2 aromatic rings. The van der Waals surface area contributed by atoms with Crippen LogP contribution in [0.15, 0.2) is 47.9 Å². The molecule has 0 bridgehead atoms. The van der Waals surface area contributed by atoms with Crippen LogP contribution in [0.1, 0.15) is 28.8 Å². The van der Waals surface area contributed by atoms with Gasteiger partial charge in [0.25, 0.3) is 0 Å². The van der Waals surface area contributed by atoms with Crippen LogP contribution in [0.4, 0.5) is 0 Å². The van der Waals surface area contributed by atoms with Crippen LogP contribution in [0, 0.1) is 5.92 Å². The number of hydrogen-bond acceptors (Lipinski definition) is 4. The number of aliphatic hydroxyl groups is 2. The third-order valence-corrected chi connectivity index (χ3v) is 5.88. The molecule has 1 aromatic heterocycles. The largest absolute Gasteiger partial charge is 0.392 e. The number of hydrogen-bond donors (Lipinski definition) is 2. The van der Waals surface area contributed by atoms with E-state index in [0.717, 1.165) is 28.8 Å². The fourth-order valence-electron chi connectivity index (χ4n) is 3.35. The molecule has 0 aliphatic carbocycles. The number of thiophene rings is 1. The molecule has 2 N–H and O–H groups in total. The van der Waals surface area contributed by atoms with Crippen molar-refractivity contribution in [1.29, 1.82) is 0 Å². The molecule has 1 saturated heterocycles. The summed E-state index contributed by atoms with van der Waals surface area (Å²) >= 11 is 1.52. The summed E-state index contributed by atoms with van der Waals surface area (Å²) in [5.41, 5.74) is 2.02. The number of likely N-dealkylation sites (tertiary alicyclic amines) is 1. The zero-order chi connectivity index (χ0) is 18.4. The third-order valence-electron chi connectivity index (χ3n) is 4.93.